The van der Waals surface area contributed by atoms with Crippen LogP contribution >= 0.6 is 34.8 Å². The quantitative estimate of drug-likeness (QED) is 0.614. The van der Waals surface area contributed by atoms with Gasteiger partial charge in [-0.2, -0.15) is 0 Å². The molecule has 3 rings (SSSR count). The lowest BCUT2D eigenvalue weighted by Gasteiger charge is -2.09. The Morgan fingerprint density at radius 3 is 2.52 bits per heavy atom. The highest BCUT2D eigenvalue weighted by atomic mass is 35.5. The predicted molar refractivity (Wildman–Crippen MR) is 92.9 cm³/mol. The number of benzene rings is 2. The number of esters is 1. The Labute approximate surface area is 157 Å². The minimum absolute atomic E-state index is 0.0979. The summed E-state index contributed by atoms with van der Waals surface area (Å²) in [4.78, 5) is 23.9. The second-order valence-electron chi connectivity index (χ2n) is 4.94. The Hall–Kier alpha value is -2.15. The molecule has 9 heteroatoms. The zero-order valence-corrected chi connectivity index (χ0v) is 14.7. The van der Waals surface area contributed by atoms with Crippen LogP contribution in [0.25, 0.3) is 0 Å². The maximum Gasteiger partial charge on any atom is 0.338 e. The normalized spacial score (nSPS) is 12.0. The maximum atomic E-state index is 12.0. The van der Waals surface area contributed by atoms with E-state index in [4.69, 9.17) is 49.0 Å². The highest BCUT2D eigenvalue weighted by Gasteiger charge is 2.18. The van der Waals surface area contributed by atoms with Crippen molar-refractivity contribution in [3.8, 4) is 11.5 Å². The molecule has 0 saturated heterocycles. The van der Waals surface area contributed by atoms with E-state index in [2.05, 4.69) is 5.32 Å². The Morgan fingerprint density at radius 2 is 1.72 bits per heavy atom. The van der Waals surface area contributed by atoms with Gasteiger partial charge in [0.05, 0.1) is 26.3 Å². The van der Waals surface area contributed by atoms with Crippen LogP contribution in [0.3, 0.4) is 0 Å². The molecule has 0 saturated carbocycles. The number of carbonyl (C=O) groups is 2. The first kappa shape index (κ1) is 17.7. The molecule has 0 aliphatic carbocycles. The SMILES string of the molecule is O=C(COC(=O)c1ccc2c(c1)OCO2)Nc1cc(Cl)c(Cl)cc1Cl. The van der Waals surface area contributed by atoms with Crippen molar-refractivity contribution in [1.29, 1.82) is 0 Å². The highest BCUT2D eigenvalue weighted by molar-refractivity contribution is 6.44. The minimum atomic E-state index is -0.673. The first-order chi connectivity index (χ1) is 11.9. The van der Waals surface area contributed by atoms with Gasteiger partial charge in [-0.1, -0.05) is 34.8 Å². The number of ether oxygens (including phenoxy) is 3. The Bertz CT molecular complexity index is 856. The van der Waals surface area contributed by atoms with E-state index in [0.717, 1.165) is 0 Å². The third kappa shape index (κ3) is 4.10. The molecule has 0 bridgehead atoms. The number of anilines is 1. The topological polar surface area (TPSA) is 73.9 Å². The van der Waals surface area contributed by atoms with E-state index in [1.54, 1.807) is 6.07 Å². The van der Waals surface area contributed by atoms with Crippen LogP contribution < -0.4 is 14.8 Å². The number of carbonyl (C=O) groups excluding carboxylic acids is 2. The molecule has 0 unspecified atom stereocenters. The number of nitrogens with one attached hydrogen (secondary N) is 1. The monoisotopic (exact) mass is 401 g/mol. The summed E-state index contributed by atoms with van der Waals surface area (Å²) in [5.41, 5.74) is 0.504. The first-order valence-corrected chi connectivity index (χ1v) is 8.08. The molecule has 6 nitrogen and oxygen atoms in total. The Kier molecular flexibility index (Phi) is 5.22. The van der Waals surface area contributed by atoms with Crippen LogP contribution in [-0.4, -0.2) is 25.3 Å². The van der Waals surface area contributed by atoms with E-state index in [9.17, 15) is 9.59 Å². The number of hydrogen-bond acceptors (Lipinski definition) is 5. The van der Waals surface area contributed by atoms with Gasteiger partial charge >= 0.3 is 5.97 Å². The smallest absolute Gasteiger partial charge is 0.338 e. The summed E-state index contributed by atoms with van der Waals surface area (Å²) in [6.45, 7) is -0.398. The van der Waals surface area contributed by atoms with Crippen LogP contribution in [0.1, 0.15) is 10.4 Å². The highest BCUT2D eigenvalue weighted by Crippen LogP contribution is 2.33. The molecular weight excluding hydrogens is 393 g/mol. The fourth-order valence-corrected chi connectivity index (χ4v) is 2.64. The molecule has 2 aromatic rings. The zero-order valence-electron chi connectivity index (χ0n) is 12.5. The van der Waals surface area contributed by atoms with Crippen LogP contribution in [-0.2, 0) is 9.53 Å². The van der Waals surface area contributed by atoms with Crippen molar-refractivity contribution < 1.29 is 23.8 Å². The lowest BCUT2D eigenvalue weighted by molar-refractivity contribution is -0.119. The number of hydrogen-bond donors (Lipinski definition) is 1. The van der Waals surface area contributed by atoms with Crippen molar-refractivity contribution in [2.24, 2.45) is 0 Å². The summed E-state index contributed by atoms with van der Waals surface area (Å²) in [6.07, 6.45) is 0. The molecule has 130 valence electrons. The van der Waals surface area contributed by atoms with Crippen molar-refractivity contribution in [3.63, 3.8) is 0 Å². The first-order valence-electron chi connectivity index (χ1n) is 6.95. The van der Waals surface area contributed by atoms with E-state index in [0.29, 0.717) is 11.5 Å². The molecule has 25 heavy (non-hydrogen) atoms. The summed E-state index contributed by atoms with van der Waals surface area (Å²) in [5.74, 6) is -0.256. The summed E-state index contributed by atoms with van der Waals surface area (Å²) in [6, 6.07) is 7.40. The number of fused-ring (bicyclic) bond motifs is 1. The van der Waals surface area contributed by atoms with Gasteiger partial charge in [0, 0.05) is 0 Å². The van der Waals surface area contributed by atoms with Gasteiger partial charge in [0.15, 0.2) is 18.1 Å². The van der Waals surface area contributed by atoms with Crippen LogP contribution in [0.4, 0.5) is 5.69 Å². The van der Waals surface area contributed by atoms with E-state index >= 15 is 0 Å². The van der Waals surface area contributed by atoms with E-state index in [-0.39, 0.29) is 33.1 Å². The molecule has 2 aromatic carbocycles. The predicted octanol–water partition coefficient (Wildman–Crippen LogP) is 4.17. The molecule has 0 atom stereocenters. The largest absolute Gasteiger partial charge is 0.454 e. The molecule has 0 radical (unpaired) electrons. The summed E-state index contributed by atoms with van der Waals surface area (Å²) >= 11 is 17.7. The molecule has 1 amide bonds. The van der Waals surface area contributed by atoms with Crippen LogP contribution in [0.15, 0.2) is 30.3 Å². The molecule has 0 spiro atoms. The van der Waals surface area contributed by atoms with Crippen molar-refractivity contribution in [2.45, 2.75) is 0 Å². The van der Waals surface area contributed by atoms with E-state index < -0.39 is 18.5 Å². The van der Waals surface area contributed by atoms with Gasteiger partial charge in [-0.25, -0.2) is 4.79 Å². The second-order valence-corrected chi connectivity index (χ2v) is 6.16. The standard InChI is InChI=1S/C16H10Cl3NO5/c17-9-4-11(19)12(5-10(9)18)20-15(21)6-23-16(22)8-1-2-13-14(3-8)25-7-24-13/h1-5H,6-7H2,(H,20,21). The molecule has 0 fully saturated rings. The lowest BCUT2D eigenvalue weighted by atomic mass is 10.2. The van der Waals surface area contributed by atoms with E-state index in [1.807, 2.05) is 0 Å². The van der Waals surface area contributed by atoms with Crippen LogP contribution in [0.2, 0.25) is 15.1 Å². The van der Waals surface area contributed by atoms with Gasteiger partial charge < -0.3 is 19.5 Å². The third-order valence-corrected chi connectivity index (χ3v) is 4.26. The summed E-state index contributed by atoms with van der Waals surface area (Å²) in [7, 11) is 0. The molecular formula is C16H10Cl3NO5. The van der Waals surface area contributed by atoms with Crippen LogP contribution in [0, 0.1) is 0 Å². The average molecular weight is 403 g/mol. The number of amides is 1. The van der Waals surface area contributed by atoms with Crippen molar-refractivity contribution >= 4 is 52.4 Å². The van der Waals surface area contributed by atoms with Gasteiger partial charge in [0.1, 0.15) is 0 Å². The molecule has 1 aliphatic rings. The lowest BCUT2D eigenvalue weighted by Crippen LogP contribution is -2.21. The van der Waals surface area contributed by atoms with Crippen molar-refractivity contribution in [2.75, 3.05) is 18.7 Å². The van der Waals surface area contributed by atoms with Gasteiger partial charge in [-0.15, -0.1) is 0 Å². The number of rotatable bonds is 4. The average Bonchev–Trinajstić information content (AvgIpc) is 3.05. The Morgan fingerprint density at radius 1 is 1.00 bits per heavy atom. The number of halogens is 3. The van der Waals surface area contributed by atoms with Crippen molar-refractivity contribution in [1.82, 2.24) is 0 Å². The zero-order chi connectivity index (χ0) is 18.0. The van der Waals surface area contributed by atoms with E-state index in [1.165, 1.54) is 24.3 Å². The molecule has 1 aliphatic heterocycles. The summed E-state index contributed by atoms with van der Waals surface area (Å²) in [5, 5.41) is 3.20. The van der Waals surface area contributed by atoms with Crippen molar-refractivity contribution in [3.05, 3.63) is 51.0 Å². The van der Waals surface area contributed by atoms with Gasteiger partial charge in [-0.3, -0.25) is 4.79 Å². The molecule has 1 heterocycles. The van der Waals surface area contributed by atoms with Gasteiger partial charge in [0.2, 0.25) is 6.79 Å². The third-order valence-electron chi connectivity index (χ3n) is 3.23. The minimum Gasteiger partial charge on any atom is -0.454 e. The fraction of sp³-hybridized carbons (Fsp3) is 0.125. The molecule has 1 N–H and O–H groups in total. The summed E-state index contributed by atoms with van der Waals surface area (Å²) < 4.78 is 15.3. The van der Waals surface area contributed by atoms with Crippen LogP contribution in [0.5, 0.6) is 11.5 Å². The Balaban J connectivity index is 1.59. The fourth-order valence-electron chi connectivity index (χ4n) is 2.04. The maximum absolute atomic E-state index is 12.0. The van der Waals surface area contributed by atoms with Gasteiger partial charge in [0.25, 0.3) is 5.91 Å². The molecule has 0 aromatic heterocycles. The second kappa shape index (κ2) is 7.39. The van der Waals surface area contributed by atoms with Gasteiger partial charge in [-0.05, 0) is 30.3 Å².